The minimum atomic E-state index is -0.353. The first kappa shape index (κ1) is 17.7. The van der Waals surface area contributed by atoms with Crippen molar-refractivity contribution in [2.45, 2.75) is 6.42 Å². The molecule has 0 fully saturated rings. The summed E-state index contributed by atoms with van der Waals surface area (Å²) in [7, 11) is 1.54. The average Bonchev–Trinajstić information content (AvgIpc) is 3.18. The van der Waals surface area contributed by atoms with Crippen LogP contribution in [0.15, 0.2) is 67.0 Å². The van der Waals surface area contributed by atoms with Crippen molar-refractivity contribution in [1.82, 2.24) is 4.98 Å². The first-order valence-corrected chi connectivity index (χ1v) is 8.96. The van der Waals surface area contributed by atoms with Crippen LogP contribution in [0.1, 0.15) is 26.3 Å². The van der Waals surface area contributed by atoms with Crippen molar-refractivity contribution in [3.63, 3.8) is 0 Å². The first-order chi connectivity index (χ1) is 13.7. The van der Waals surface area contributed by atoms with E-state index in [1.54, 1.807) is 36.3 Å². The van der Waals surface area contributed by atoms with E-state index in [1.165, 1.54) is 12.4 Å². The van der Waals surface area contributed by atoms with Gasteiger partial charge in [0.2, 0.25) is 0 Å². The summed E-state index contributed by atoms with van der Waals surface area (Å²) in [6, 6.07) is 16.6. The highest BCUT2D eigenvalue weighted by atomic mass is 16.5. The van der Waals surface area contributed by atoms with Gasteiger partial charge >= 0.3 is 0 Å². The molecule has 1 N–H and O–H groups in total. The minimum absolute atomic E-state index is 0.163. The number of anilines is 2. The van der Waals surface area contributed by atoms with Crippen molar-refractivity contribution < 1.29 is 14.3 Å². The number of aromatic nitrogens is 1. The minimum Gasteiger partial charge on any atom is -0.495 e. The molecular formula is C22H19N3O3. The Balaban J connectivity index is 1.56. The lowest BCUT2D eigenvalue weighted by atomic mass is 10.1. The van der Waals surface area contributed by atoms with E-state index in [0.717, 1.165) is 17.7 Å². The lowest BCUT2D eigenvalue weighted by Crippen LogP contribution is -2.29. The fraction of sp³-hybridized carbons (Fsp3) is 0.136. The van der Waals surface area contributed by atoms with Gasteiger partial charge in [-0.2, -0.15) is 0 Å². The van der Waals surface area contributed by atoms with Crippen LogP contribution in [0.5, 0.6) is 5.75 Å². The van der Waals surface area contributed by atoms with E-state index in [2.05, 4.69) is 10.3 Å². The van der Waals surface area contributed by atoms with Crippen LogP contribution < -0.4 is 15.0 Å². The highest BCUT2D eigenvalue weighted by molar-refractivity contribution is 6.10. The van der Waals surface area contributed by atoms with Crippen molar-refractivity contribution in [3.05, 3.63) is 83.7 Å². The number of nitrogens with one attached hydrogen (secondary N) is 1. The zero-order valence-electron chi connectivity index (χ0n) is 15.4. The van der Waals surface area contributed by atoms with Gasteiger partial charge in [0.25, 0.3) is 11.8 Å². The molecule has 1 aromatic heterocycles. The van der Waals surface area contributed by atoms with Gasteiger partial charge in [0.1, 0.15) is 5.75 Å². The third kappa shape index (κ3) is 3.32. The van der Waals surface area contributed by atoms with Crippen LogP contribution in [0.4, 0.5) is 11.4 Å². The summed E-state index contributed by atoms with van der Waals surface area (Å²) in [6.07, 6.45) is 3.76. The molecule has 0 aliphatic carbocycles. The number of ether oxygens (including phenoxy) is 1. The number of fused-ring (bicyclic) bond motifs is 1. The second kappa shape index (κ2) is 7.52. The van der Waals surface area contributed by atoms with E-state index in [0.29, 0.717) is 29.1 Å². The normalized spacial score (nSPS) is 12.4. The van der Waals surface area contributed by atoms with Crippen LogP contribution in [-0.2, 0) is 6.42 Å². The molecular weight excluding hydrogens is 354 g/mol. The molecule has 3 aromatic rings. The second-order valence-corrected chi connectivity index (χ2v) is 6.45. The van der Waals surface area contributed by atoms with Gasteiger partial charge in [-0.15, -0.1) is 0 Å². The predicted octanol–water partition coefficient (Wildman–Crippen LogP) is 3.55. The Kier molecular flexibility index (Phi) is 4.76. The van der Waals surface area contributed by atoms with Gasteiger partial charge in [0.15, 0.2) is 0 Å². The summed E-state index contributed by atoms with van der Waals surface area (Å²) in [5.74, 6) is 0.0441. The molecule has 1 aliphatic heterocycles. The highest BCUT2D eigenvalue weighted by Crippen LogP contribution is 2.29. The van der Waals surface area contributed by atoms with Crippen LogP contribution in [0.2, 0.25) is 0 Å². The molecule has 0 unspecified atom stereocenters. The van der Waals surface area contributed by atoms with E-state index in [1.807, 2.05) is 30.3 Å². The number of nitrogens with zero attached hydrogens (tertiary/aromatic N) is 2. The van der Waals surface area contributed by atoms with Crippen LogP contribution >= 0.6 is 0 Å². The molecule has 0 saturated heterocycles. The number of hydrogen-bond acceptors (Lipinski definition) is 4. The van der Waals surface area contributed by atoms with Crippen molar-refractivity contribution in [3.8, 4) is 5.75 Å². The SMILES string of the molecule is COc1ccccc1NC(=O)c1cncc(C(=O)N2CCc3ccccc32)c1. The Morgan fingerprint density at radius 1 is 1.04 bits per heavy atom. The number of carbonyl (C=O) groups is 2. The van der Waals surface area contributed by atoms with E-state index in [9.17, 15) is 9.59 Å². The molecule has 1 aliphatic rings. The highest BCUT2D eigenvalue weighted by Gasteiger charge is 2.25. The molecule has 0 saturated carbocycles. The fourth-order valence-electron chi connectivity index (χ4n) is 3.33. The molecule has 2 amide bonds. The van der Waals surface area contributed by atoms with Crippen molar-refractivity contribution in [1.29, 1.82) is 0 Å². The maximum absolute atomic E-state index is 13.0. The molecule has 0 bridgehead atoms. The number of carbonyl (C=O) groups excluding carboxylic acids is 2. The number of pyridine rings is 1. The molecule has 0 spiro atoms. The predicted molar refractivity (Wildman–Crippen MR) is 107 cm³/mol. The summed E-state index contributed by atoms with van der Waals surface area (Å²) in [4.78, 5) is 31.5. The lowest BCUT2D eigenvalue weighted by molar-refractivity contribution is 0.0989. The van der Waals surface area contributed by atoms with Crippen LogP contribution in [0.3, 0.4) is 0 Å². The van der Waals surface area contributed by atoms with Gasteiger partial charge < -0.3 is 15.0 Å². The molecule has 6 nitrogen and oxygen atoms in total. The van der Waals surface area contributed by atoms with Crippen LogP contribution in [-0.4, -0.2) is 30.5 Å². The van der Waals surface area contributed by atoms with E-state index >= 15 is 0 Å². The number of para-hydroxylation sites is 3. The molecule has 2 aromatic carbocycles. The van der Waals surface area contributed by atoms with Gasteiger partial charge in [0.05, 0.1) is 23.9 Å². The summed E-state index contributed by atoms with van der Waals surface area (Å²) in [5, 5.41) is 2.80. The van der Waals surface area contributed by atoms with Gasteiger partial charge in [-0.25, -0.2) is 0 Å². The van der Waals surface area contributed by atoms with Crippen LogP contribution in [0.25, 0.3) is 0 Å². The molecule has 0 radical (unpaired) electrons. The monoisotopic (exact) mass is 373 g/mol. The zero-order valence-corrected chi connectivity index (χ0v) is 15.4. The number of hydrogen-bond donors (Lipinski definition) is 1. The first-order valence-electron chi connectivity index (χ1n) is 8.96. The van der Waals surface area contributed by atoms with Gasteiger partial charge in [-0.3, -0.25) is 14.6 Å². The molecule has 2 heterocycles. The summed E-state index contributed by atoms with van der Waals surface area (Å²) in [6.45, 7) is 0.621. The van der Waals surface area contributed by atoms with Crippen LogP contribution in [0, 0.1) is 0 Å². The van der Waals surface area contributed by atoms with Crippen molar-refractivity contribution >= 4 is 23.2 Å². The van der Waals surface area contributed by atoms with Gasteiger partial charge in [-0.05, 0) is 36.2 Å². The summed E-state index contributed by atoms with van der Waals surface area (Å²) < 4.78 is 5.25. The van der Waals surface area contributed by atoms with E-state index < -0.39 is 0 Å². The molecule has 4 rings (SSSR count). The Morgan fingerprint density at radius 2 is 1.79 bits per heavy atom. The topological polar surface area (TPSA) is 71.5 Å². The number of methoxy groups -OCH3 is 1. The Labute approximate surface area is 162 Å². The van der Waals surface area contributed by atoms with E-state index in [-0.39, 0.29) is 11.8 Å². The molecule has 0 atom stereocenters. The van der Waals surface area contributed by atoms with E-state index in [4.69, 9.17) is 4.74 Å². The number of rotatable bonds is 4. The standard InChI is InChI=1S/C22H19N3O3/c1-28-20-9-5-3-7-18(20)24-21(26)16-12-17(14-23-13-16)22(27)25-11-10-15-6-2-4-8-19(15)25/h2-9,12-14H,10-11H2,1H3,(H,24,26). The quantitative estimate of drug-likeness (QED) is 0.759. The third-order valence-electron chi connectivity index (χ3n) is 4.73. The maximum atomic E-state index is 13.0. The average molecular weight is 373 g/mol. The van der Waals surface area contributed by atoms with Gasteiger partial charge in [0, 0.05) is 24.6 Å². The number of amides is 2. The smallest absolute Gasteiger partial charge is 0.259 e. The Hall–Kier alpha value is -3.67. The zero-order chi connectivity index (χ0) is 19.5. The van der Waals surface area contributed by atoms with Crippen molar-refractivity contribution in [2.24, 2.45) is 0 Å². The third-order valence-corrected chi connectivity index (χ3v) is 4.73. The Morgan fingerprint density at radius 3 is 2.64 bits per heavy atom. The van der Waals surface area contributed by atoms with Gasteiger partial charge in [-0.1, -0.05) is 30.3 Å². The fourth-order valence-corrected chi connectivity index (χ4v) is 3.33. The maximum Gasteiger partial charge on any atom is 0.259 e. The lowest BCUT2D eigenvalue weighted by Gasteiger charge is -2.17. The largest absolute Gasteiger partial charge is 0.495 e. The molecule has 28 heavy (non-hydrogen) atoms. The number of benzene rings is 2. The summed E-state index contributed by atoms with van der Waals surface area (Å²) >= 11 is 0. The second-order valence-electron chi connectivity index (χ2n) is 6.45. The molecule has 140 valence electrons. The Bertz CT molecular complexity index is 1050. The van der Waals surface area contributed by atoms with Crippen molar-refractivity contribution in [2.75, 3.05) is 23.9 Å². The molecule has 6 heteroatoms. The summed E-state index contributed by atoms with van der Waals surface area (Å²) in [5.41, 5.74) is 3.30.